The van der Waals surface area contributed by atoms with Crippen molar-refractivity contribution in [2.75, 3.05) is 26.2 Å². The van der Waals surface area contributed by atoms with E-state index in [1.165, 1.54) is 167 Å². The van der Waals surface area contributed by atoms with Gasteiger partial charge in [0.15, 0.2) is 0 Å². The Bertz CT molecular complexity index is 628. The van der Waals surface area contributed by atoms with Crippen LogP contribution in [0.25, 0.3) is 0 Å². The fraction of sp³-hybridized carbons (Fsp3) is 0.971. The lowest BCUT2D eigenvalue weighted by Gasteiger charge is -2.23. The van der Waals surface area contributed by atoms with Gasteiger partial charge >= 0.3 is 7.75 Å². The summed E-state index contributed by atoms with van der Waals surface area (Å²) in [6, 6.07) is 0. The molecule has 0 amide bonds. The van der Waals surface area contributed by atoms with Gasteiger partial charge in [-0.1, -0.05) is 181 Å². The summed E-state index contributed by atoms with van der Waals surface area (Å²) in [6.45, 7) is 7.92. The Morgan fingerprint density at radius 1 is 0.476 bits per heavy atom. The van der Waals surface area contributed by atoms with Crippen LogP contribution in [0.15, 0.2) is 4.76 Å². The number of guanidine groups is 1. The quantitative estimate of drug-likeness (QED) is 0.0601. The maximum Gasteiger partial charge on any atom is 0.451 e. The zero-order valence-electron chi connectivity index (χ0n) is 28.2. The molecule has 0 unspecified atom stereocenters. The monoisotopic (exact) mass is 614 g/mol. The van der Waals surface area contributed by atoms with Crippen molar-refractivity contribution in [3.63, 3.8) is 0 Å². The molecule has 0 atom stereocenters. The van der Waals surface area contributed by atoms with E-state index in [0.29, 0.717) is 5.96 Å². The van der Waals surface area contributed by atoms with Crippen molar-refractivity contribution in [1.82, 2.24) is 9.80 Å². The van der Waals surface area contributed by atoms with Crippen LogP contribution in [0.2, 0.25) is 0 Å². The second-order valence-electron chi connectivity index (χ2n) is 13.1. The number of unbranched alkanes of at least 4 members (excludes halogenated alkanes) is 26. The van der Waals surface area contributed by atoms with Crippen molar-refractivity contribution in [2.24, 2.45) is 4.76 Å². The summed E-state index contributed by atoms with van der Waals surface area (Å²) >= 11 is 0. The van der Waals surface area contributed by atoms with Gasteiger partial charge in [-0.25, -0.2) is 4.57 Å². The lowest BCUT2D eigenvalue weighted by Crippen LogP contribution is -2.34. The Labute approximate surface area is 262 Å². The molecule has 0 aliphatic carbocycles. The highest BCUT2D eigenvalue weighted by Crippen LogP contribution is 2.37. The second-order valence-corrected chi connectivity index (χ2v) is 14.3. The summed E-state index contributed by atoms with van der Waals surface area (Å²) in [7, 11) is -4.43. The van der Waals surface area contributed by atoms with Crippen LogP contribution in [0.4, 0.5) is 0 Å². The predicted octanol–water partition coefficient (Wildman–Crippen LogP) is 11.0. The third-order valence-electron chi connectivity index (χ3n) is 8.99. The molecule has 2 N–H and O–H groups in total. The molecule has 0 aromatic heterocycles. The third-order valence-corrected chi connectivity index (χ3v) is 9.43. The first kappa shape index (κ1) is 39.4. The molecule has 1 aliphatic heterocycles. The first-order chi connectivity index (χ1) is 20.5. The molecule has 1 aliphatic rings. The Hall–Kier alpha value is -0.580. The molecule has 0 spiro atoms. The van der Waals surface area contributed by atoms with E-state index in [2.05, 4.69) is 28.4 Å². The van der Waals surface area contributed by atoms with Crippen LogP contribution in [0.1, 0.15) is 194 Å². The third kappa shape index (κ3) is 23.8. The van der Waals surface area contributed by atoms with Gasteiger partial charge < -0.3 is 19.6 Å². The number of hydrogen-bond donors (Lipinski definition) is 2. The van der Waals surface area contributed by atoms with E-state index in [1.807, 2.05) is 0 Å². The molecule has 42 heavy (non-hydrogen) atoms. The normalized spacial score (nSPS) is 14.0. The van der Waals surface area contributed by atoms with Crippen LogP contribution in [-0.2, 0) is 4.57 Å². The molecule has 0 radical (unpaired) electrons. The van der Waals surface area contributed by atoms with Gasteiger partial charge in [0.25, 0.3) is 0 Å². The summed E-state index contributed by atoms with van der Waals surface area (Å²) < 4.78 is 15.6. The van der Waals surface area contributed by atoms with Crippen LogP contribution in [0, 0.1) is 0 Å². The average Bonchev–Trinajstić information content (AvgIpc) is 3.32. The lowest BCUT2D eigenvalue weighted by atomic mass is 10.0. The highest BCUT2D eigenvalue weighted by Gasteiger charge is 2.28. The molecular formula is C35H72N3O3P. The zero-order chi connectivity index (χ0) is 30.6. The minimum absolute atomic E-state index is 0.535. The van der Waals surface area contributed by atoms with Crippen LogP contribution in [0.5, 0.6) is 0 Å². The molecule has 0 aromatic rings. The van der Waals surface area contributed by atoms with Crippen LogP contribution in [0.3, 0.4) is 0 Å². The van der Waals surface area contributed by atoms with Crippen LogP contribution in [-0.4, -0.2) is 51.7 Å². The van der Waals surface area contributed by atoms with E-state index in [0.717, 1.165) is 39.0 Å². The van der Waals surface area contributed by atoms with Crippen molar-refractivity contribution in [3.05, 3.63) is 0 Å². The SMILES string of the molecule is CCCCCCCCCCCCCCCCN1CCN(CCCCCCCCCCCCCCCC)C1=NP(=O)(O)O. The van der Waals surface area contributed by atoms with E-state index in [-0.39, 0.29) is 0 Å². The van der Waals surface area contributed by atoms with Gasteiger partial charge in [-0.05, 0) is 12.8 Å². The smallest absolute Gasteiger partial charge is 0.341 e. The number of rotatable bonds is 31. The summed E-state index contributed by atoms with van der Waals surface area (Å²) in [5.41, 5.74) is 0. The summed E-state index contributed by atoms with van der Waals surface area (Å²) in [5, 5.41) is 0. The van der Waals surface area contributed by atoms with E-state index in [4.69, 9.17) is 0 Å². The van der Waals surface area contributed by atoms with Gasteiger partial charge in [0.05, 0.1) is 0 Å². The predicted molar refractivity (Wildman–Crippen MR) is 183 cm³/mol. The standard InChI is InChI=1S/C35H72N3O3P/c1-3-5-7-9-11-13-15-17-19-21-23-25-27-29-31-37-33-34-38(35(37)36-42(39,40)41)32-30-28-26-24-22-20-18-16-14-12-10-8-6-4-2/h3-34H2,1-2H3,(H2,39,40,41). The van der Waals surface area contributed by atoms with E-state index >= 15 is 0 Å². The topological polar surface area (TPSA) is 76.4 Å². The highest BCUT2D eigenvalue weighted by atomic mass is 31.2. The number of hydrogen-bond acceptors (Lipinski definition) is 1. The maximum absolute atomic E-state index is 11.7. The fourth-order valence-corrected chi connectivity index (χ4v) is 6.79. The minimum atomic E-state index is -4.43. The zero-order valence-corrected chi connectivity index (χ0v) is 29.1. The minimum Gasteiger partial charge on any atom is -0.341 e. The maximum atomic E-state index is 11.7. The molecule has 0 saturated carbocycles. The van der Waals surface area contributed by atoms with E-state index in [1.54, 1.807) is 0 Å². The molecule has 1 fully saturated rings. The Kier molecular flexibility index (Phi) is 26.2. The van der Waals surface area contributed by atoms with Crippen LogP contribution < -0.4 is 0 Å². The molecule has 1 rings (SSSR count). The fourth-order valence-electron chi connectivity index (χ4n) is 6.30. The second kappa shape index (κ2) is 27.9. The molecular weight excluding hydrogens is 541 g/mol. The van der Waals surface area contributed by atoms with E-state index < -0.39 is 7.75 Å². The summed E-state index contributed by atoms with van der Waals surface area (Å²) in [4.78, 5) is 23.4. The first-order valence-electron chi connectivity index (χ1n) is 18.6. The van der Waals surface area contributed by atoms with Gasteiger partial charge in [-0.2, -0.15) is 0 Å². The van der Waals surface area contributed by atoms with Gasteiger partial charge in [-0.15, -0.1) is 4.76 Å². The Balaban J connectivity index is 2.08. The molecule has 0 aromatic carbocycles. The number of nitrogens with zero attached hydrogens (tertiary/aromatic N) is 3. The molecule has 1 heterocycles. The average molecular weight is 614 g/mol. The molecule has 7 heteroatoms. The van der Waals surface area contributed by atoms with Gasteiger partial charge in [0.1, 0.15) is 0 Å². The molecule has 6 nitrogen and oxygen atoms in total. The van der Waals surface area contributed by atoms with Gasteiger partial charge in [-0.3, -0.25) is 0 Å². The lowest BCUT2D eigenvalue weighted by molar-refractivity contribution is 0.370. The van der Waals surface area contributed by atoms with Crippen molar-refractivity contribution in [3.8, 4) is 0 Å². The Morgan fingerprint density at radius 3 is 0.952 bits per heavy atom. The molecule has 250 valence electrons. The van der Waals surface area contributed by atoms with Crippen molar-refractivity contribution < 1.29 is 14.4 Å². The van der Waals surface area contributed by atoms with Crippen molar-refractivity contribution in [2.45, 2.75) is 194 Å². The highest BCUT2D eigenvalue weighted by molar-refractivity contribution is 7.50. The first-order valence-corrected chi connectivity index (χ1v) is 20.2. The summed E-state index contributed by atoms with van der Waals surface area (Å²) in [5.74, 6) is 0.535. The Morgan fingerprint density at radius 2 is 0.714 bits per heavy atom. The van der Waals surface area contributed by atoms with Crippen molar-refractivity contribution >= 4 is 13.7 Å². The van der Waals surface area contributed by atoms with Crippen LogP contribution >= 0.6 is 7.75 Å². The van der Waals surface area contributed by atoms with Gasteiger partial charge in [0.2, 0.25) is 5.96 Å². The largest absolute Gasteiger partial charge is 0.451 e. The van der Waals surface area contributed by atoms with E-state index in [9.17, 15) is 14.4 Å². The van der Waals surface area contributed by atoms with Crippen molar-refractivity contribution in [1.29, 1.82) is 0 Å². The van der Waals surface area contributed by atoms with Gasteiger partial charge in [0, 0.05) is 26.2 Å². The molecule has 0 bridgehead atoms. The summed E-state index contributed by atoms with van der Waals surface area (Å²) in [6.07, 6.45) is 37.5. The molecule has 1 saturated heterocycles.